The summed E-state index contributed by atoms with van der Waals surface area (Å²) in [5.41, 5.74) is 11.1. The summed E-state index contributed by atoms with van der Waals surface area (Å²) >= 11 is 0. The van der Waals surface area contributed by atoms with Crippen LogP contribution in [0.4, 0.5) is 5.69 Å². The second-order valence-corrected chi connectivity index (χ2v) is 13.5. The number of benzene rings is 4. The van der Waals surface area contributed by atoms with Crippen LogP contribution in [0.1, 0.15) is 28.9 Å². The van der Waals surface area contributed by atoms with Crippen molar-refractivity contribution in [1.29, 1.82) is 5.41 Å². The first-order valence-electron chi connectivity index (χ1n) is 15.0. The Morgan fingerprint density at radius 1 is 0.932 bits per heavy atom. The zero-order valence-corrected chi connectivity index (χ0v) is 25.7. The number of aromatic nitrogens is 2. The van der Waals surface area contributed by atoms with Crippen LogP contribution in [0.15, 0.2) is 108 Å². The van der Waals surface area contributed by atoms with Gasteiger partial charge in [-0.25, -0.2) is 13.4 Å². The molecule has 44 heavy (non-hydrogen) atoms. The summed E-state index contributed by atoms with van der Waals surface area (Å²) in [5.74, 6) is 1.20. The van der Waals surface area contributed by atoms with Crippen LogP contribution < -0.4 is 10.0 Å². The maximum absolute atomic E-state index is 14.1. The quantitative estimate of drug-likeness (QED) is 0.156. The molecular formula is C35H38N6O2S. The Hall–Kier alpha value is -4.47. The highest BCUT2D eigenvalue weighted by molar-refractivity contribution is 7.92. The Bertz CT molecular complexity index is 1850. The van der Waals surface area contributed by atoms with Crippen LogP contribution >= 0.6 is 0 Å². The second kappa shape index (κ2) is 12.6. The van der Waals surface area contributed by atoms with Crippen LogP contribution in [0.3, 0.4) is 0 Å². The molecule has 0 saturated carbocycles. The monoisotopic (exact) mass is 606 g/mol. The molecule has 0 aliphatic carbocycles. The zero-order chi connectivity index (χ0) is 30.7. The van der Waals surface area contributed by atoms with Gasteiger partial charge < -0.3 is 10.3 Å². The predicted octanol–water partition coefficient (Wildman–Crippen LogP) is 5.36. The molecule has 226 valence electrons. The molecule has 0 amide bonds. The molecule has 1 aliphatic heterocycles. The number of anilines is 1. The first kappa shape index (κ1) is 29.6. The molecule has 6 rings (SSSR count). The number of aryl methyl sites for hydroxylation is 3. The van der Waals surface area contributed by atoms with Gasteiger partial charge >= 0.3 is 0 Å². The molecule has 0 spiro atoms. The van der Waals surface area contributed by atoms with Crippen LogP contribution in [-0.2, 0) is 36.5 Å². The molecule has 5 aromatic rings. The van der Waals surface area contributed by atoms with Gasteiger partial charge in [0.2, 0.25) is 0 Å². The number of nitrogens with zero attached hydrogens (tertiary/aromatic N) is 4. The SMILES string of the molecule is Cn1c(CCc2ccc(C(=N)N)cc2)nc2cc(N(CC3CCN(Cc4ccccc4)C3)S(=O)(=O)c3ccccc3)ccc21. The highest BCUT2D eigenvalue weighted by Crippen LogP contribution is 2.31. The molecule has 1 aromatic heterocycles. The molecule has 4 aromatic carbocycles. The van der Waals surface area contributed by atoms with Gasteiger partial charge in [0.25, 0.3) is 10.0 Å². The number of nitrogens with one attached hydrogen (secondary N) is 1. The molecule has 1 aliphatic rings. The average Bonchev–Trinajstić information content (AvgIpc) is 3.62. The lowest BCUT2D eigenvalue weighted by Crippen LogP contribution is -2.36. The van der Waals surface area contributed by atoms with E-state index in [0.717, 1.165) is 61.3 Å². The van der Waals surface area contributed by atoms with Crippen molar-refractivity contribution in [3.8, 4) is 0 Å². The van der Waals surface area contributed by atoms with Crippen LogP contribution in [0.25, 0.3) is 11.0 Å². The minimum absolute atomic E-state index is 0.0588. The summed E-state index contributed by atoms with van der Waals surface area (Å²) in [6.07, 6.45) is 2.46. The Kier molecular flexibility index (Phi) is 8.50. The van der Waals surface area contributed by atoms with Gasteiger partial charge in [-0.1, -0.05) is 72.8 Å². The van der Waals surface area contributed by atoms with Crippen molar-refractivity contribution in [3.63, 3.8) is 0 Å². The summed E-state index contributed by atoms with van der Waals surface area (Å²) in [5, 5.41) is 7.60. The van der Waals surface area contributed by atoms with E-state index >= 15 is 0 Å². The fraction of sp³-hybridized carbons (Fsp3) is 0.257. The first-order chi connectivity index (χ1) is 21.3. The van der Waals surface area contributed by atoms with Crippen molar-refractivity contribution < 1.29 is 8.42 Å². The van der Waals surface area contributed by atoms with Crippen molar-refractivity contribution in [2.45, 2.75) is 30.7 Å². The fourth-order valence-corrected chi connectivity index (χ4v) is 7.62. The Morgan fingerprint density at radius 3 is 2.34 bits per heavy atom. The van der Waals surface area contributed by atoms with E-state index in [4.69, 9.17) is 16.1 Å². The fourth-order valence-electron chi connectivity index (χ4n) is 6.07. The number of amidine groups is 1. The predicted molar refractivity (Wildman–Crippen MR) is 176 cm³/mol. The number of imidazole rings is 1. The standard InChI is InChI=1S/C35H38N6O2S/c1-39-33-18-17-30(22-32(33)38-34(39)19-14-26-12-15-29(16-13-26)35(36)37)41(44(42,43)31-10-6-3-7-11-31)25-28-20-21-40(24-28)23-27-8-4-2-5-9-27/h2-13,15-18,22,28H,14,19-21,23-25H2,1H3,(H3,36,37). The van der Waals surface area contributed by atoms with Crippen LogP contribution in [0, 0.1) is 11.3 Å². The molecule has 2 heterocycles. The Balaban J connectivity index is 1.25. The molecule has 8 nitrogen and oxygen atoms in total. The van der Waals surface area contributed by atoms with Gasteiger partial charge in [-0.05, 0) is 66.8 Å². The number of hydrogen-bond donors (Lipinski definition) is 2. The summed E-state index contributed by atoms with van der Waals surface area (Å²) in [6.45, 7) is 3.06. The van der Waals surface area contributed by atoms with Gasteiger partial charge in [0, 0.05) is 38.7 Å². The number of nitrogens with two attached hydrogens (primary N) is 1. The number of fused-ring (bicyclic) bond motifs is 1. The van der Waals surface area contributed by atoms with E-state index in [1.807, 2.05) is 61.6 Å². The lowest BCUT2D eigenvalue weighted by atomic mass is 10.1. The number of sulfonamides is 1. The van der Waals surface area contributed by atoms with Crippen molar-refractivity contribution >= 4 is 32.6 Å². The van der Waals surface area contributed by atoms with E-state index in [0.29, 0.717) is 17.8 Å². The van der Waals surface area contributed by atoms with Crippen molar-refractivity contribution in [2.24, 2.45) is 18.7 Å². The number of hydrogen-bond acceptors (Lipinski definition) is 5. The van der Waals surface area contributed by atoms with Crippen LogP contribution in [-0.4, -0.2) is 48.3 Å². The Labute approximate surface area is 259 Å². The van der Waals surface area contributed by atoms with E-state index < -0.39 is 10.0 Å². The zero-order valence-electron chi connectivity index (χ0n) is 24.9. The molecule has 0 radical (unpaired) electrons. The lowest BCUT2D eigenvalue weighted by Gasteiger charge is -2.27. The minimum Gasteiger partial charge on any atom is -0.384 e. The van der Waals surface area contributed by atoms with Gasteiger partial charge in [0.05, 0.1) is 21.6 Å². The summed E-state index contributed by atoms with van der Waals surface area (Å²) in [6, 6.07) is 32.6. The molecule has 1 atom stereocenters. The number of likely N-dealkylation sites (tertiary alicyclic amines) is 1. The van der Waals surface area contributed by atoms with Crippen molar-refractivity contribution in [3.05, 3.63) is 126 Å². The maximum Gasteiger partial charge on any atom is 0.264 e. The maximum atomic E-state index is 14.1. The van der Waals surface area contributed by atoms with E-state index in [1.54, 1.807) is 28.6 Å². The minimum atomic E-state index is -3.79. The molecule has 1 fully saturated rings. The van der Waals surface area contributed by atoms with Crippen molar-refractivity contribution in [2.75, 3.05) is 23.9 Å². The Morgan fingerprint density at radius 2 is 1.64 bits per heavy atom. The smallest absolute Gasteiger partial charge is 0.264 e. The molecular weight excluding hydrogens is 568 g/mol. The number of rotatable bonds is 11. The van der Waals surface area contributed by atoms with Gasteiger partial charge in [-0.3, -0.25) is 14.6 Å². The van der Waals surface area contributed by atoms with Gasteiger partial charge in [0.15, 0.2) is 0 Å². The van der Waals surface area contributed by atoms with E-state index in [-0.39, 0.29) is 16.6 Å². The first-order valence-corrected chi connectivity index (χ1v) is 16.4. The molecule has 1 saturated heterocycles. The van der Waals surface area contributed by atoms with Gasteiger partial charge in [-0.2, -0.15) is 0 Å². The second-order valence-electron chi connectivity index (χ2n) is 11.6. The topological polar surface area (TPSA) is 108 Å². The van der Waals surface area contributed by atoms with Crippen molar-refractivity contribution in [1.82, 2.24) is 14.5 Å². The van der Waals surface area contributed by atoms with Crippen LogP contribution in [0.5, 0.6) is 0 Å². The third kappa shape index (κ3) is 6.39. The third-order valence-electron chi connectivity index (χ3n) is 8.52. The highest BCUT2D eigenvalue weighted by Gasteiger charge is 2.31. The van der Waals surface area contributed by atoms with Crippen LogP contribution in [0.2, 0.25) is 0 Å². The summed E-state index contributed by atoms with van der Waals surface area (Å²) in [4.78, 5) is 7.64. The highest BCUT2D eigenvalue weighted by atomic mass is 32.2. The van der Waals surface area contributed by atoms with Gasteiger partial charge in [0.1, 0.15) is 11.7 Å². The van der Waals surface area contributed by atoms with E-state index in [9.17, 15) is 8.42 Å². The summed E-state index contributed by atoms with van der Waals surface area (Å²) in [7, 11) is -1.79. The molecule has 0 bridgehead atoms. The summed E-state index contributed by atoms with van der Waals surface area (Å²) < 4.78 is 31.9. The normalized spacial score (nSPS) is 15.5. The van der Waals surface area contributed by atoms with E-state index in [2.05, 4.69) is 33.7 Å². The average molecular weight is 607 g/mol. The molecule has 9 heteroatoms. The largest absolute Gasteiger partial charge is 0.384 e. The molecule has 3 N–H and O–H groups in total. The number of nitrogen functional groups attached to an aromatic ring is 1. The van der Waals surface area contributed by atoms with E-state index in [1.165, 1.54) is 5.56 Å². The third-order valence-corrected chi connectivity index (χ3v) is 10.3. The van der Waals surface area contributed by atoms with Gasteiger partial charge in [-0.15, -0.1) is 0 Å². The lowest BCUT2D eigenvalue weighted by molar-refractivity contribution is 0.318. The molecule has 1 unspecified atom stereocenters.